The Morgan fingerprint density at radius 1 is 1.04 bits per heavy atom. The molecule has 0 radical (unpaired) electrons. The van der Waals surface area contributed by atoms with Crippen molar-refractivity contribution in [2.24, 2.45) is 0 Å². The van der Waals surface area contributed by atoms with Gasteiger partial charge in [-0.3, -0.25) is 9.59 Å². The molecular formula is C21H15Cl2NO3. The molecule has 0 spiro atoms. The van der Waals surface area contributed by atoms with Crippen LogP contribution < -0.4 is 5.32 Å². The maximum atomic E-state index is 12.1. The van der Waals surface area contributed by atoms with Gasteiger partial charge in [-0.15, -0.1) is 0 Å². The summed E-state index contributed by atoms with van der Waals surface area (Å²) in [5, 5.41) is 3.55. The number of furan rings is 1. The molecule has 0 aliphatic heterocycles. The van der Waals surface area contributed by atoms with Crippen LogP contribution in [0.1, 0.15) is 23.0 Å². The lowest BCUT2D eigenvalue weighted by Gasteiger charge is -2.03. The zero-order valence-corrected chi connectivity index (χ0v) is 15.8. The van der Waals surface area contributed by atoms with Crippen LogP contribution in [-0.2, 0) is 4.79 Å². The Kier molecular flexibility index (Phi) is 5.79. The van der Waals surface area contributed by atoms with Gasteiger partial charge >= 0.3 is 0 Å². The van der Waals surface area contributed by atoms with Crippen molar-refractivity contribution in [2.45, 2.75) is 6.92 Å². The number of halogens is 2. The van der Waals surface area contributed by atoms with Gasteiger partial charge < -0.3 is 9.73 Å². The van der Waals surface area contributed by atoms with E-state index in [1.54, 1.807) is 60.7 Å². The van der Waals surface area contributed by atoms with Gasteiger partial charge in [-0.1, -0.05) is 41.4 Å². The monoisotopic (exact) mass is 399 g/mol. The Balaban J connectivity index is 1.70. The molecule has 3 aromatic rings. The van der Waals surface area contributed by atoms with Crippen molar-refractivity contribution >= 4 is 46.7 Å². The largest absolute Gasteiger partial charge is 0.457 e. The Labute approximate surface area is 166 Å². The highest BCUT2D eigenvalue weighted by atomic mass is 35.5. The highest BCUT2D eigenvalue weighted by molar-refractivity contribution is 6.43. The second kappa shape index (κ2) is 8.25. The molecule has 0 bridgehead atoms. The minimum absolute atomic E-state index is 0.0653. The van der Waals surface area contributed by atoms with Crippen molar-refractivity contribution in [3.8, 4) is 11.3 Å². The molecule has 27 heavy (non-hydrogen) atoms. The summed E-state index contributed by atoms with van der Waals surface area (Å²) in [6.45, 7) is 1.47. The number of ketones is 1. The molecule has 136 valence electrons. The first kappa shape index (κ1) is 19.0. The summed E-state index contributed by atoms with van der Waals surface area (Å²) in [4.78, 5) is 23.5. The van der Waals surface area contributed by atoms with E-state index >= 15 is 0 Å². The van der Waals surface area contributed by atoms with E-state index in [2.05, 4.69) is 5.32 Å². The van der Waals surface area contributed by atoms with Crippen LogP contribution >= 0.6 is 23.2 Å². The van der Waals surface area contributed by atoms with E-state index in [4.69, 9.17) is 27.6 Å². The second-order valence-corrected chi connectivity index (χ2v) is 6.55. The lowest BCUT2D eigenvalue weighted by Crippen LogP contribution is -2.08. The van der Waals surface area contributed by atoms with Crippen LogP contribution in [0.15, 0.2) is 65.1 Å². The molecule has 0 saturated heterocycles. The molecule has 0 fully saturated rings. The van der Waals surface area contributed by atoms with Gasteiger partial charge in [-0.05, 0) is 49.4 Å². The third-order valence-electron chi connectivity index (χ3n) is 3.78. The van der Waals surface area contributed by atoms with E-state index < -0.39 is 0 Å². The molecule has 0 unspecified atom stereocenters. The SMILES string of the molecule is CC(=O)c1cccc(NC(=O)C=Cc2ccc(-c3cccc(Cl)c3Cl)o2)c1. The number of Topliss-reactive ketones (excluding diaryl/α,β-unsaturated/α-hetero) is 1. The summed E-state index contributed by atoms with van der Waals surface area (Å²) in [6, 6.07) is 15.5. The number of benzene rings is 2. The fourth-order valence-electron chi connectivity index (χ4n) is 2.44. The fraction of sp³-hybridized carbons (Fsp3) is 0.0476. The van der Waals surface area contributed by atoms with Crippen molar-refractivity contribution in [1.29, 1.82) is 0 Å². The fourth-order valence-corrected chi connectivity index (χ4v) is 2.83. The summed E-state index contributed by atoms with van der Waals surface area (Å²) >= 11 is 12.2. The maximum Gasteiger partial charge on any atom is 0.248 e. The average molecular weight is 400 g/mol. The van der Waals surface area contributed by atoms with E-state index in [-0.39, 0.29) is 11.7 Å². The van der Waals surface area contributed by atoms with Gasteiger partial charge in [0.25, 0.3) is 0 Å². The molecule has 0 aliphatic carbocycles. The third kappa shape index (κ3) is 4.67. The number of carbonyl (C=O) groups excluding carboxylic acids is 2. The Morgan fingerprint density at radius 3 is 2.59 bits per heavy atom. The molecule has 3 rings (SSSR count). The quantitative estimate of drug-likeness (QED) is 0.415. The van der Waals surface area contributed by atoms with Gasteiger partial charge in [0.1, 0.15) is 11.5 Å². The summed E-state index contributed by atoms with van der Waals surface area (Å²) < 4.78 is 5.70. The van der Waals surface area contributed by atoms with Crippen molar-refractivity contribution in [3.05, 3.63) is 82.0 Å². The van der Waals surface area contributed by atoms with Crippen LogP contribution in [0.3, 0.4) is 0 Å². The summed E-state index contributed by atoms with van der Waals surface area (Å²) in [5.41, 5.74) is 1.75. The van der Waals surface area contributed by atoms with Crippen molar-refractivity contribution in [3.63, 3.8) is 0 Å². The van der Waals surface area contributed by atoms with Gasteiger partial charge in [0.05, 0.1) is 10.0 Å². The average Bonchev–Trinajstić information content (AvgIpc) is 3.11. The zero-order chi connectivity index (χ0) is 19.4. The van der Waals surface area contributed by atoms with E-state index in [0.29, 0.717) is 38.4 Å². The molecule has 1 heterocycles. The topological polar surface area (TPSA) is 59.3 Å². The van der Waals surface area contributed by atoms with Crippen LogP contribution in [0.25, 0.3) is 17.4 Å². The zero-order valence-electron chi connectivity index (χ0n) is 14.3. The van der Waals surface area contributed by atoms with E-state index in [1.807, 2.05) is 0 Å². The number of amides is 1. The van der Waals surface area contributed by atoms with Crippen LogP contribution in [0, 0.1) is 0 Å². The number of carbonyl (C=O) groups is 2. The lowest BCUT2D eigenvalue weighted by molar-refractivity contribution is -0.111. The van der Waals surface area contributed by atoms with Crippen LogP contribution in [0.5, 0.6) is 0 Å². The van der Waals surface area contributed by atoms with Gasteiger partial charge in [0, 0.05) is 22.9 Å². The molecule has 4 nitrogen and oxygen atoms in total. The van der Waals surface area contributed by atoms with E-state index in [0.717, 1.165) is 0 Å². The predicted octanol–water partition coefficient (Wildman–Crippen LogP) is 6.11. The van der Waals surface area contributed by atoms with Crippen LogP contribution in [0.2, 0.25) is 10.0 Å². The van der Waals surface area contributed by atoms with Gasteiger partial charge in [-0.2, -0.15) is 0 Å². The number of rotatable bonds is 5. The minimum atomic E-state index is -0.338. The molecule has 0 aliphatic rings. The summed E-state index contributed by atoms with van der Waals surface area (Å²) in [7, 11) is 0. The van der Waals surface area contributed by atoms with Gasteiger partial charge in [0.15, 0.2) is 5.78 Å². The van der Waals surface area contributed by atoms with Crippen LogP contribution in [-0.4, -0.2) is 11.7 Å². The number of anilines is 1. The normalized spacial score (nSPS) is 10.9. The smallest absolute Gasteiger partial charge is 0.248 e. The number of hydrogen-bond acceptors (Lipinski definition) is 3. The second-order valence-electron chi connectivity index (χ2n) is 5.76. The number of hydrogen-bond donors (Lipinski definition) is 1. The van der Waals surface area contributed by atoms with Crippen molar-refractivity contribution in [2.75, 3.05) is 5.32 Å². The van der Waals surface area contributed by atoms with E-state index in [9.17, 15) is 9.59 Å². The first-order chi connectivity index (χ1) is 12.9. The van der Waals surface area contributed by atoms with Gasteiger partial charge in [0.2, 0.25) is 5.91 Å². The first-order valence-corrected chi connectivity index (χ1v) is 8.84. The van der Waals surface area contributed by atoms with Crippen molar-refractivity contribution in [1.82, 2.24) is 0 Å². The minimum Gasteiger partial charge on any atom is -0.457 e. The number of nitrogens with one attached hydrogen (secondary N) is 1. The molecule has 6 heteroatoms. The predicted molar refractivity (Wildman–Crippen MR) is 108 cm³/mol. The van der Waals surface area contributed by atoms with E-state index in [1.165, 1.54) is 13.0 Å². The Bertz CT molecular complexity index is 1040. The van der Waals surface area contributed by atoms with Crippen molar-refractivity contribution < 1.29 is 14.0 Å². The lowest BCUT2D eigenvalue weighted by atomic mass is 10.1. The van der Waals surface area contributed by atoms with Gasteiger partial charge in [-0.25, -0.2) is 0 Å². The molecule has 0 saturated carbocycles. The highest BCUT2D eigenvalue weighted by Crippen LogP contribution is 2.34. The molecule has 2 aromatic carbocycles. The highest BCUT2D eigenvalue weighted by Gasteiger charge is 2.10. The Morgan fingerprint density at radius 2 is 1.81 bits per heavy atom. The molecule has 0 atom stereocenters. The molecule has 1 aromatic heterocycles. The molecule has 1 N–H and O–H groups in total. The summed E-state index contributed by atoms with van der Waals surface area (Å²) in [5.74, 6) is 0.643. The standard InChI is InChI=1S/C21H15Cl2NO3/c1-13(25)14-4-2-5-15(12-14)24-20(26)11-9-16-8-10-19(27-16)17-6-3-7-18(22)21(17)23/h2-12H,1H3,(H,24,26). The molecule has 1 amide bonds. The first-order valence-electron chi connectivity index (χ1n) is 8.08. The third-order valence-corrected chi connectivity index (χ3v) is 4.60. The molecular weight excluding hydrogens is 385 g/mol. The maximum absolute atomic E-state index is 12.1. The van der Waals surface area contributed by atoms with Crippen LogP contribution in [0.4, 0.5) is 5.69 Å². The summed E-state index contributed by atoms with van der Waals surface area (Å²) in [6.07, 6.45) is 2.90. The Hall–Kier alpha value is -2.82.